The van der Waals surface area contributed by atoms with E-state index < -0.39 is 22.0 Å². The lowest BCUT2D eigenvalue weighted by Crippen LogP contribution is -2.41. The molecule has 1 atom stereocenters. The second kappa shape index (κ2) is 9.01. The molecule has 0 radical (unpaired) electrons. The third-order valence-electron chi connectivity index (χ3n) is 5.29. The van der Waals surface area contributed by atoms with Gasteiger partial charge in [-0.25, -0.2) is 8.42 Å². The lowest BCUT2D eigenvalue weighted by atomic mass is 10.2. The Bertz CT molecular complexity index is 1340. The fraction of sp³-hybridized carbons (Fsp3) is 0.167. The number of benzene rings is 3. The number of nitrogens with zero attached hydrogens (tertiary/aromatic N) is 1. The molecule has 1 unspecified atom stereocenters. The van der Waals surface area contributed by atoms with E-state index in [1.807, 2.05) is 25.1 Å². The maximum Gasteiger partial charge on any atom is 0.259 e. The van der Waals surface area contributed by atoms with Gasteiger partial charge in [0.25, 0.3) is 5.91 Å². The number of sulfonamides is 1. The highest BCUT2D eigenvalue weighted by atomic mass is 32.2. The van der Waals surface area contributed by atoms with Crippen molar-refractivity contribution in [2.75, 3.05) is 17.3 Å². The molecule has 0 saturated heterocycles. The van der Waals surface area contributed by atoms with Crippen LogP contribution in [0.15, 0.2) is 81.4 Å². The SMILES string of the molecule is Cc1ccc(S(=O)(=O)NC(C)C(=O)Nc2ccc3c(c2)Sc2ccccc2C(=O)N3C)cc1. The first-order valence-electron chi connectivity index (χ1n) is 10.2. The molecule has 1 aliphatic rings. The molecular formula is C24H23N3O4S2. The quantitative estimate of drug-likeness (QED) is 0.573. The molecule has 170 valence electrons. The number of fused-ring (bicyclic) bond motifs is 2. The molecule has 1 heterocycles. The van der Waals surface area contributed by atoms with Crippen molar-refractivity contribution in [3.8, 4) is 0 Å². The second-order valence-corrected chi connectivity index (χ2v) is 10.6. The molecule has 1 aliphatic heterocycles. The van der Waals surface area contributed by atoms with Crippen LogP contribution in [0.2, 0.25) is 0 Å². The topological polar surface area (TPSA) is 95.6 Å². The number of amides is 2. The first kappa shape index (κ1) is 23.0. The third kappa shape index (κ3) is 4.80. The van der Waals surface area contributed by atoms with E-state index in [9.17, 15) is 18.0 Å². The predicted molar refractivity (Wildman–Crippen MR) is 129 cm³/mol. The lowest BCUT2D eigenvalue weighted by Gasteiger charge is -2.19. The summed E-state index contributed by atoms with van der Waals surface area (Å²) in [5, 5.41) is 2.76. The maximum atomic E-state index is 12.8. The molecule has 3 aromatic rings. The lowest BCUT2D eigenvalue weighted by molar-refractivity contribution is -0.117. The van der Waals surface area contributed by atoms with Crippen molar-refractivity contribution in [2.24, 2.45) is 0 Å². The fourth-order valence-electron chi connectivity index (χ4n) is 3.41. The normalized spacial score (nSPS) is 14.2. The van der Waals surface area contributed by atoms with Crippen molar-refractivity contribution in [3.63, 3.8) is 0 Å². The van der Waals surface area contributed by atoms with Crippen LogP contribution in [-0.2, 0) is 14.8 Å². The van der Waals surface area contributed by atoms with E-state index in [4.69, 9.17) is 0 Å². The van der Waals surface area contributed by atoms with E-state index in [2.05, 4.69) is 10.0 Å². The van der Waals surface area contributed by atoms with Gasteiger partial charge in [0.15, 0.2) is 0 Å². The summed E-state index contributed by atoms with van der Waals surface area (Å²) in [6.07, 6.45) is 0. The van der Waals surface area contributed by atoms with Gasteiger partial charge in [0.05, 0.1) is 22.2 Å². The molecule has 0 fully saturated rings. The Labute approximate surface area is 197 Å². The molecular weight excluding hydrogens is 458 g/mol. The minimum atomic E-state index is -3.84. The molecule has 7 nitrogen and oxygen atoms in total. The highest BCUT2D eigenvalue weighted by Gasteiger charge is 2.26. The van der Waals surface area contributed by atoms with Crippen molar-refractivity contribution >= 4 is 45.0 Å². The Morgan fingerprint density at radius 2 is 1.70 bits per heavy atom. The van der Waals surface area contributed by atoms with Crippen molar-refractivity contribution in [2.45, 2.75) is 34.6 Å². The zero-order chi connectivity index (χ0) is 23.8. The first-order chi connectivity index (χ1) is 15.7. The molecule has 0 bridgehead atoms. The Morgan fingerprint density at radius 1 is 1.00 bits per heavy atom. The fourth-order valence-corrected chi connectivity index (χ4v) is 5.76. The smallest absolute Gasteiger partial charge is 0.259 e. The van der Waals surface area contributed by atoms with Gasteiger partial charge in [0.2, 0.25) is 15.9 Å². The maximum absolute atomic E-state index is 12.8. The van der Waals surface area contributed by atoms with E-state index in [0.29, 0.717) is 11.3 Å². The molecule has 0 aliphatic carbocycles. The Kier molecular flexibility index (Phi) is 6.29. The van der Waals surface area contributed by atoms with Crippen molar-refractivity contribution < 1.29 is 18.0 Å². The molecule has 0 spiro atoms. The molecule has 3 aromatic carbocycles. The number of aryl methyl sites for hydroxylation is 1. The minimum absolute atomic E-state index is 0.0977. The number of hydrogen-bond donors (Lipinski definition) is 2. The van der Waals surface area contributed by atoms with Gasteiger partial charge in [0.1, 0.15) is 0 Å². The Balaban J connectivity index is 1.52. The number of anilines is 2. The number of carbonyl (C=O) groups is 2. The van der Waals surface area contributed by atoms with E-state index >= 15 is 0 Å². The summed E-state index contributed by atoms with van der Waals surface area (Å²) in [4.78, 5) is 28.8. The van der Waals surface area contributed by atoms with Gasteiger partial charge < -0.3 is 10.2 Å². The number of carbonyl (C=O) groups excluding carboxylic acids is 2. The van der Waals surface area contributed by atoms with Crippen molar-refractivity contribution in [3.05, 3.63) is 77.9 Å². The highest BCUT2D eigenvalue weighted by molar-refractivity contribution is 7.99. The van der Waals surface area contributed by atoms with E-state index in [1.54, 1.807) is 48.3 Å². The molecule has 0 aromatic heterocycles. The largest absolute Gasteiger partial charge is 0.325 e. The first-order valence-corrected chi connectivity index (χ1v) is 12.5. The minimum Gasteiger partial charge on any atom is -0.325 e. The summed E-state index contributed by atoms with van der Waals surface area (Å²) in [7, 11) is -2.13. The summed E-state index contributed by atoms with van der Waals surface area (Å²) < 4.78 is 27.6. The second-order valence-electron chi connectivity index (χ2n) is 7.79. The Morgan fingerprint density at radius 3 is 2.42 bits per heavy atom. The van der Waals surface area contributed by atoms with Crippen LogP contribution in [0.25, 0.3) is 0 Å². The molecule has 4 rings (SSSR count). The molecule has 9 heteroatoms. The summed E-state index contributed by atoms with van der Waals surface area (Å²) in [6, 6.07) is 18.0. The highest BCUT2D eigenvalue weighted by Crippen LogP contribution is 2.41. The van der Waals surface area contributed by atoms with Gasteiger partial charge in [-0.1, -0.05) is 41.6 Å². The van der Waals surface area contributed by atoms with Crippen LogP contribution >= 0.6 is 11.8 Å². The van der Waals surface area contributed by atoms with E-state index in [-0.39, 0.29) is 10.8 Å². The average Bonchev–Trinajstić information content (AvgIpc) is 2.88. The van der Waals surface area contributed by atoms with Crippen LogP contribution in [0.4, 0.5) is 11.4 Å². The van der Waals surface area contributed by atoms with E-state index in [0.717, 1.165) is 21.0 Å². The molecule has 33 heavy (non-hydrogen) atoms. The average molecular weight is 482 g/mol. The molecule has 0 saturated carbocycles. The number of hydrogen-bond acceptors (Lipinski definition) is 5. The zero-order valence-electron chi connectivity index (χ0n) is 18.3. The summed E-state index contributed by atoms with van der Waals surface area (Å²) in [5.41, 5.74) is 2.79. The van der Waals surface area contributed by atoms with Gasteiger partial charge in [-0.2, -0.15) is 4.72 Å². The van der Waals surface area contributed by atoms with E-state index in [1.165, 1.54) is 30.8 Å². The van der Waals surface area contributed by atoms with Gasteiger partial charge in [-0.15, -0.1) is 0 Å². The standard InChI is InChI=1S/C24H23N3O4S2/c1-15-8-11-18(12-9-15)33(30,31)26-16(2)23(28)25-17-10-13-20-22(14-17)32-21-7-5-4-6-19(21)24(29)27(20)3/h4-14,16,26H,1-3H3,(H,25,28). The van der Waals surface area contributed by atoms with Crippen LogP contribution in [0, 0.1) is 6.92 Å². The van der Waals surface area contributed by atoms with Gasteiger partial charge in [-0.3, -0.25) is 9.59 Å². The van der Waals surface area contributed by atoms with Gasteiger partial charge in [0, 0.05) is 22.5 Å². The Hall–Kier alpha value is -3.14. The van der Waals surface area contributed by atoms with Crippen molar-refractivity contribution in [1.82, 2.24) is 4.72 Å². The monoisotopic (exact) mass is 481 g/mol. The summed E-state index contributed by atoms with van der Waals surface area (Å²) in [5.74, 6) is -0.596. The molecule has 2 amide bonds. The van der Waals surface area contributed by atoms with Crippen molar-refractivity contribution in [1.29, 1.82) is 0 Å². The summed E-state index contributed by atoms with van der Waals surface area (Å²) in [6.45, 7) is 3.35. The van der Waals surface area contributed by atoms with Crippen LogP contribution in [-0.4, -0.2) is 33.3 Å². The summed E-state index contributed by atoms with van der Waals surface area (Å²) >= 11 is 1.44. The molecule has 2 N–H and O–H groups in total. The van der Waals surface area contributed by atoms with Gasteiger partial charge in [-0.05, 0) is 56.3 Å². The van der Waals surface area contributed by atoms with Crippen LogP contribution < -0.4 is 14.9 Å². The van der Waals surface area contributed by atoms with Gasteiger partial charge >= 0.3 is 0 Å². The number of rotatable bonds is 5. The third-order valence-corrected chi connectivity index (χ3v) is 7.97. The van der Waals surface area contributed by atoms with Crippen LogP contribution in [0.5, 0.6) is 0 Å². The predicted octanol–water partition coefficient (Wildman–Crippen LogP) is 4.04. The van der Waals surface area contributed by atoms with Crippen LogP contribution in [0.1, 0.15) is 22.8 Å². The zero-order valence-corrected chi connectivity index (χ0v) is 20.0. The number of nitrogens with one attached hydrogen (secondary N) is 2. The van der Waals surface area contributed by atoms with Crippen LogP contribution in [0.3, 0.4) is 0 Å².